The first-order valence-corrected chi connectivity index (χ1v) is 7.22. The molecule has 19 heavy (non-hydrogen) atoms. The zero-order valence-corrected chi connectivity index (χ0v) is 11.5. The summed E-state index contributed by atoms with van der Waals surface area (Å²) >= 11 is 3.04. The van der Waals surface area contributed by atoms with Crippen molar-refractivity contribution in [1.82, 2.24) is 10.1 Å². The standard InChI is InChI=1S/C12H9N3O2S2/c1-7-5-10(15-17-7)14-11(16)8-6-19-12(13-8)9-3-2-4-18-9/h2-6H,1H3,(H,14,15,16). The number of thiazole rings is 1. The van der Waals surface area contributed by atoms with Crippen LogP contribution in [0, 0.1) is 6.92 Å². The number of anilines is 1. The van der Waals surface area contributed by atoms with Gasteiger partial charge in [0, 0.05) is 11.4 Å². The summed E-state index contributed by atoms with van der Waals surface area (Å²) in [7, 11) is 0. The fourth-order valence-electron chi connectivity index (χ4n) is 1.50. The number of hydrogen-bond donors (Lipinski definition) is 1. The van der Waals surface area contributed by atoms with Crippen molar-refractivity contribution in [2.45, 2.75) is 6.92 Å². The molecule has 0 unspecified atom stereocenters. The van der Waals surface area contributed by atoms with E-state index in [0.717, 1.165) is 9.88 Å². The van der Waals surface area contributed by atoms with E-state index in [2.05, 4.69) is 15.5 Å². The average molecular weight is 291 g/mol. The van der Waals surface area contributed by atoms with Crippen LogP contribution in [-0.4, -0.2) is 16.0 Å². The summed E-state index contributed by atoms with van der Waals surface area (Å²) in [5, 5.41) is 10.9. The Kier molecular flexibility index (Phi) is 3.14. The smallest absolute Gasteiger partial charge is 0.276 e. The van der Waals surface area contributed by atoms with Gasteiger partial charge in [-0.2, -0.15) is 0 Å². The second kappa shape index (κ2) is 4.94. The molecule has 0 aliphatic heterocycles. The zero-order valence-electron chi connectivity index (χ0n) is 9.91. The number of carbonyl (C=O) groups excluding carboxylic acids is 1. The van der Waals surface area contributed by atoms with Gasteiger partial charge in [0.2, 0.25) is 0 Å². The number of hydrogen-bond acceptors (Lipinski definition) is 6. The Hall–Kier alpha value is -1.99. The van der Waals surface area contributed by atoms with Crippen molar-refractivity contribution < 1.29 is 9.32 Å². The Morgan fingerprint density at radius 3 is 3.00 bits per heavy atom. The molecule has 3 aromatic heterocycles. The Morgan fingerprint density at radius 1 is 1.42 bits per heavy atom. The molecule has 1 amide bonds. The van der Waals surface area contributed by atoms with Crippen LogP contribution in [0.25, 0.3) is 9.88 Å². The van der Waals surface area contributed by atoms with Crippen molar-refractivity contribution in [3.05, 3.63) is 40.4 Å². The maximum atomic E-state index is 12.0. The van der Waals surface area contributed by atoms with Gasteiger partial charge in [-0.3, -0.25) is 4.79 Å². The lowest BCUT2D eigenvalue weighted by Gasteiger charge is -1.96. The van der Waals surface area contributed by atoms with E-state index < -0.39 is 0 Å². The molecule has 3 rings (SSSR count). The summed E-state index contributed by atoms with van der Waals surface area (Å²) in [5.74, 6) is 0.758. The summed E-state index contributed by atoms with van der Waals surface area (Å²) in [6, 6.07) is 5.59. The van der Waals surface area contributed by atoms with E-state index in [-0.39, 0.29) is 5.91 Å². The number of aryl methyl sites for hydroxylation is 1. The highest BCUT2D eigenvalue weighted by atomic mass is 32.1. The molecule has 0 radical (unpaired) electrons. The normalized spacial score (nSPS) is 10.6. The van der Waals surface area contributed by atoms with E-state index in [0.29, 0.717) is 17.3 Å². The van der Waals surface area contributed by atoms with Gasteiger partial charge >= 0.3 is 0 Å². The van der Waals surface area contributed by atoms with Gasteiger partial charge in [0.15, 0.2) is 5.82 Å². The molecular weight excluding hydrogens is 282 g/mol. The molecule has 7 heteroatoms. The molecule has 5 nitrogen and oxygen atoms in total. The number of rotatable bonds is 3. The minimum atomic E-state index is -0.285. The van der Waals surface area contributed by atoms with E-state index in [1.807, 2.05) is 17.5 Å². The summed E-state index contributed by atoms with van der Waals surface area (Å²) in [5.41, 5.74) is 0.383. The van der Waals surface area contributed by atoms with Crippen LogP contribution in [0.15, 0.2) is 33.5 Å². The second-order valence-corrected chi connectivity index (χ2v) is 5.60. The predicted octanol–water partition coefficient (Wildman–Crippen LogP) is 3.42. The number of thiophene rings is 1. The second-order valence-electron chi connectivity index (χ2n) is 3.79. The number of nitrogens with one attached hydrogen (secondary N) is 1. The van der Waals surface area contributed by atoms with Gasteiger partial charge in [-0.1, -0.05) is 11.2 Å². The summed E-state index contributed by atoms with van der Waals surface area (Å²) in [6.45, 7) is 1.76. The van der Waals surface area contributed by atoms with Crippen LogP contribution < -0.4 is 5.32 Å². The fraction of sp³-hybridized carbons (Fsp3) is 0.0833. The van der Waals surface area contributed by atoms with E-state index in [1.54, 1.807) is 29.7 Å². The van der Waals surface area contributed by atoms with Crippen LogP contribution in [0.4, 0.5) is 5.82 Å². The Balaban J connectivity index is 1.77. The highest BCUT2D eigenvalue weighted by molar-refractivity contribution is 7.20. The predicted molar refractivity (Wildman–Crippen MR) is 74.6 cm³/mol. The first-order valence-electron chi connectivity index (χ1n) is 5.46. The first-order chi connectivity index (χ1) is 9.22. The van der Waals surface area contributed by atoms with Crippen molar-refractivity contribution in [3.63, 3.8) is 0 Å². The Bertz CT molecular complexity index is 700. The van der Waals surface area contributed by atoms with Crippen LogP contribution in [0.1, 0.15) is 16.2 Å². The number of amides is 1. The third-order valence-electron chi connectivity index (χ3n) is 2.34. The molecule has 0 fully saturated rings. The molecule has 0 saturated carbocycles. The molecule has 0 atom stereocenters. The van der Waals surface area contributed by atoms with Gasteiger partial charge in [-0.15, -0.1) is 22.7 Å². The maximum absolute atomic E-state index is 12.0. The molecule has 0 aromatic carbocycles. The van der Waals surface area contributed by atoms with Gasteiger partial charge in [-0.25, -0.2) is 4.98 Å². The van der Waals surface area contributed by atoms with E-state index in [1.165, 1.54) is 11.3 Å². The molecule has 0 spiro atoms. The lowest BCUT2D eigenvalue weighted by atomic mass is 10.4. The third-order valence-corrected chi connectivity index (χ3v) is 4.22. The van der Waals surface area contributed by atoms with Crippen molar-refractivity contribution in [2.75, 3.05) is 5.32 Å². The third kappa shape index (κ3) is 2.56. The molecule has 0 bridgehead atoms. The molecular formula is C12H9N3O2S2. The molecule has 96 valence electrons. The number of nitrogens with zero attached hydrogens (tertiary/aromatic N) is 2. The van der Waals surface area contributed by atoms with Gasteiger partial charge in [-0.05, 0) is 18.4 Å². The van der Waals surface area contributed by atoms with E-state index in [9.17, 15) is 4.79 Å². The number of carbonyl (C=O) groups is 1. The minimum absolute atomic E-state index is 0.285. The van der Waals surface area contributed by atoms with Gasteiger partial charge < -0.3 is 9.84 Å². The Morgan fingerprint density at radius 2 is 2.32 bits per heavy atom. The van der Waals surface area contributed by atoms with Crippen molar-refractivity contribution >= 4 is 34.4 Å². The summed E-state index contributed by atoms with van der Waals surface area (Å²) in [4.78, 5) is 17.3. The van der Waals surface area contributed by atoms with E-state index in [4.69, 9.17) is 4.52 Å². The van der Waals surface area contributed by atoms with Crippen LogP contribution in [0.5, 0.6) is 0 Å². The van der Waals surface area contributed by atoms with Crippen LogP contribution in [0.3, 0.4) is 0 Å². The van der Waals surface area contributed by atoms with Gasteiger partial charge in [0.05, 0.1) is 4.88 Å². The van der Waals surface area contributed by atoms with Crippen molar-refractivity contribution in [2.24, 2.45) is 0 Å². The maximum Gasteiger partial charge on any atom is 0.276 e. The monoisotopic (exact) mass is 291 g/mol. The molecule has 0 aliphatic rings. The van der Waals surface area contributed by atoms with Gasteiger partial charge in [0.25, 0.3) is 5.91 Å². The SMILES string of the molecule is Cc1cc(NC(=O)c2csc(-c3cccs3)n2)no1. The molecule has 0 saturated heterocycles. The molecule has 3 heterocycles. The van der Waals surface area contributed by atoms with Gasteiger partial charge in [0.1, 0.15) is 16.5 Å². The molecule has 1 N–H and O–H groups in total. The summed E-state index contributed by atoms with van der Waals surface area (Å²) in [6.07, 6.45) is 0. The molecule has 3 aromatic rings. The highest BCUT2D eigenvalue weighted by Gasteiger charge is 2.14. The zero-order chi connectivity index (χ0) is 13.2. The Labute approximate surface area is 116 Å². The fourth-order valence-corrected chi connectivity index (χ4v) is 3.11. The summed E-state index contributed by atoms with van der Waals surface area (Å²) < 4.78 is 4.88. The topological polar surface area (TPSA) is 68.0 Å². The lowest BCUT2D eigenvalue weighted by Crippen LogP contribution is -2.12. The van der Waals surface area contributed by atoms with Crippen LogP contribution >= 0.6 is 22.7 Å². The largest absolute Gasteiger partial charge is 0.360 e. The quantitative estimate of drug-likeness (QED) is 0.803. The number of aromatic nitrogens is 2. The van der Waals surface area contributed by atoms with E-state index >= 15 is 0 Å². The van der Waals surface area contributed by atoms with Crippen LogP contribution in [0.2, 0.25) is 0 Å². The van der Waals surface area contributed by atoms with Crippen molar-refractivity contribution in [3.8, 4) is 9.88 Å². The van der Waals surface area contributed by atoms with Crippen LogP contribution in [-0.2, 0) is 0 Å². The first kappa shape index (κ1) is 12.1. The molecule has 0 aliphatic carbocycles. The van der Waals surface area contributed by atoms with Crippen molar-refractivity contribution in [1.29, 1.82) is 0 Å². The highest BCUT2D eigenvalue weighted by Crippen LogP contribution is 2.27. The average Bonchev–Trinajstić information content (AvgIpc) is 3.08. The minimum Gasteiger partial charge on any atom is -0.360 e. The lowest BCUT2D eigenvalue weighted by molar-refractivity contribution is 0.102.